The SMILES string of the molecule is O=C(c1ccc(NC2CC2)c([N+](=O)[O-])c1)N1CCCC1CCCO. The van der Waals surface area contributed by atoms with Crippen molar-refractivity contribution in [3.05, 3.63) is 33.9 Å². The number of likely N-dealkylation sites (tertiary alicyclic amines) is 1. The summed E-state index contributed by atoms with van der Waals surface area (Å²) in [6.07, 6.45) is 5.35. The molecule has 1 aliphatic heterocycles. The second-order valence-corrected chi connectivity index (χ2v) is 6.57. The largest absolute Gasteiger partial charge is 0.396 e. The predicted molar refractivity (Wildman–Crippen MR) is 90.1 cm³/mol. The molecular weight excluding hydrogens is 310 g/mol. The second-order valence-electron chi connectivity index (χ2n) is 6.57. The van der Waals surface area contributed by atoms with E-state index in [0.29, 0.717) is 30.3 Å². The number of nitro groups is 1. The lowest BCUT2D eigenvalue weighted by molar-refractivity contribution is -0.384. The summed E-state index contributed by atoms with van der Waals surface area (Å²) in [5.74, 6) is -0.156. The molecule has 7 nitrogen and oxygen atoms in total. The number of aliphatic hydroxyl groups excluding tert-OH is 1. The molecule has 1 heterocycles. The standard InChI is InChI=1S/C17H23N3O4/c21-10-2-4-14-3-1-9-19(14)17(22)12-5-8-15(18-13-6-7-13)16(11-12)20(23)24/h5,8,11,13-14,18,21H,1-4,6-7,9-10H2. The molecule has 7 heteroatoms. The lowest BCUT2D eigenvalue weighted by Gasteiger charge is -2.24. The van der Waals surface area contributed by atoms with Crippen molar-refractivity contribution in [2.75, 3.05) is 18.5 Å². The van der Waals surface area contributed by atoms with Gasteiger partial charge in [0.2, 0.25) is 0 Å². The van der Waals surface area contributed by atoms with Gasteiger partial charge >= 0.3 is 0 Å². The third-order valence-electron chi connectivity index (χ3n) is 4.71. The zero-order valence-corrected chi connectivity index (χ0v) is 13.6. The van der Waals surface area contributed by atoms with Crippen LogP contribution in [-0.2, 0) is 0 Å². The summed E-state index contributed by atoms with van der Waals surface area (Å²) in [7, 11) is 0. The summed E-state index contributed by atoms with van der Waals surface area (Å²) in [6, 6.07) is 5.12. The van der Waals surface area contributed by atoms with E-state index in [1.165, 1.54) is 6.07 Å². The Morgan fingerprint density at radius 1 is 1.38 bits per heavy atom. The minimum absolute atomic E-state index is 0.0427. The molecule has 1 saturated carbocycles. The first-order valence-corrected chi connectivity index (χ1v) is 8.57. The molecule has 24 heavy (non-hydrogen) atoms. The molecule has 1 aromatic carbocycles. The van der Waals surface area contributed by atoms with Gasteiger partial charge in [0.25, 0.3) is 11.6 Å². The second kappa shape index (κ2) is 7.17. The molecule has 0 spiro atoms. The van der Waals surface area contributed by atoms with Gasteiger partial charge in [-0.05, 0) is 50.7 Å². The van der Waals surface area contributed by atoms with Crippen LogP contribution in [0.3, 0.4) is 0 Å². The van der Waals surface area contributed by atoms with E-state index in [1.807, 2.05) is 0 Å². The molecule has 0 radical (unpaired) electrons. The van der Waals surface area contributed by atoms with E-state index < -0.39 is 4.92 Å². The van der Waals surface area contributed by atoms with Crippen molar-refractivity contribution in [1.29, 1.82) is 0 Å². The molecule has 1 unspecified atom stereocenters. The first kappa shape index (κ1) is 16.7. The van der Waals surface area contributed by atoms with E-state index in [9.17, 15) is 14.9 Å². The van der Waals surface area contributed by atoms with Crippen LogP contribution in [0.1, 0.15) is 48.9 Å². The molecule has 0 bridgehead atoms. The van der Waals surface area contributed by atoms with Crippen LogP contribution in [0.15, 0.2) is 18.2 Å². The zero-order valence-electron chi connectivity index (χ0n) is 13.6. The Morgan fingerprint density at radius 2 is 2.17 bits per heavy atom. The third-order valence-corrected chi connectivity index (χ3v) is 4.71. The molecule has 1 aromatic rings. The van der Waals surface area contributed by atoms with Crippen molar-refractivity contribution >= 4 is 17.3 Å². The van der Waals surface area contributed by atoms with Gasteiger partial charge in [0.15, 0.2) is 0 Å². The fraction of sp³-hybridized carbons (Fsp3) is 0.588. The van der Waals surface area contributed by atoms with Crippen LogP contribution >= 0.6 is 0 Å². The van der Waals surface area contributed by atoms with E-state index in [1.54, 1.807) is 17.0 Å². The average molecular weight is 333 g/mol. The number of hydrogen-bond donors (Lipinski definition) is 2. The number of anilines is 1. The molecular formula is C17H23N3O4. The number of carbonyl (C=O) groups excluding carboxylic acids is 1. The van der Waals surface area contributed by atoms with Crippen molar-refractivity contribution in [2.45, 2.75) is 50.6 Å². The van der Waals surface area contributed by atoms with Crippen molar-refractivity contribution in [3.8, 4) is 0 Å². The molecule has 1 amide bonds. The van der Waals surface area contributed by atoms with Crippen LogP contribution < -0.4 is 5.32 Å². The maximum atomic E-state index is 12.8. The van der Waals surface area contributed by atoms with Gasteiger partial charge in [-0.2, -0.15) is 0 Å². The molecule has 3 rings (SSSR count). The van der Waals surface area contributed by atoms with Crippen LogP contribution in [0.4, 0.5) is 11.4 Å². The van der Waals surface area contributed by atoms with Crippen LogP contribution in [-0.4, -0.2) is 46.1 Å². The number of aliphatic hydroxyl groups is 1. The van der Waals surface area contributed by atoms with Crippen molar-refractivity contribution in [3.63, 3.8) is 0 Å². The quantitative estimate of drug-likeness (QED) is 0.590. The topological polar surface area (TPSA) is 95.7 Å². The van der Waals surface area contributed by atoms with Crippen LogP contribution in [0.5, 0.6) is 0 Å². The van der Waals surface area contributed by atoms with E-state index in [0.717, 1.165) is 32.1 Å². The lowest BCUT2D eigenvalue weighted by Crippen LogP contribution is -2.35. The highest BCUT2D eigenvalue weighted by atomic mass is 16.6. The summed E-state index contributed by atoms with van der Waals surface area (Å²) in [4.78, 5) is 25.5. The summed E-state index contributed by atoms with van der Waals surface area (Å²) in [5, 5.41) is 23.5. The Hall–Kier alpha value is -2.15. The smallest absolute Gasteiger partial charge is 0.293 e. The van der Waals surface area contributed by atoms with Crippen molar-refractivity contribution < 1.29 is 14.8 Å². The summed E-state index contributed by atoms with van der Waals surface area (Å²) >= 11 is 0. The van der Waals surface area contributed by atoms with Gasteiger partial charge in [0.05, 0.1) is 4.92 Å². The average Bonchev–Trinajstić information content (AvgIpc) is 3.26. The number of rotatable bonds is 7. The number of nitrogens with one attached hydrogen (secondary N) is 1. The number of hydrogen-bond acceptors (Lipinski definition) is 5. The van der Waals surface area contributed by atoms with Gasteiger partial charge in [0, 0.05) is 36.9 Å². The lowest BCUT2D eigenvalue weighted by atomic mass is 10.1. The highest BCUT2D eigenvalue weighted by molar-refractivity contribution is 5.96. The Balaban J connectivity index is 1.78. The highest BCUT2D eigenvalue weighted by Crippen LogP contribution is 2.32. The number of carbonyl (C=O) groups is 1. The minimum Gasteiger partial charge on any atom is -0.396 e. The normalized spacial score (nSPS) is 20.2. The molecule has 2 aliphatic rings. The predicted octanol–water partition coefficient (Wildman–Crippen LogP) is 2.55. The van der Waals surface area contributed by atoms with Crippen LogP contribution in [0, 0.1) is 10.1 Å². The molecule has 1 aliphatic carbocycles. The van der Waals surface area contributed by atoms with Gasteiger partial charge in [-0.3, -0.25) is 14.9 Å². The maximum absolute atomic E-state index is 12.8. The first-order valence-electron chi connectivity index (χ1n) is 8.57. The number of nitro benzene ring substituents is 1. The number of nitrogens with zero attached hydrogens (tertiary/aromatic N) is 2. The van der Waals surface area contributed by atoms with Crippen molar-refractivity contribution in [2.24, 2.45) is 0 Å². The Labute approximate surface area is 140 Å². The third kappa shape index (κ3) is 3.67. The van der Waals surface area contributed by atoms with Gasteiger partial charge in [-0.15, -0.1) is 0 Å². The van der Waals surface area contributed by atoms with Crippen molar-refractivity contribution in [1.82, 2.24) is 4.90 Å². The molecule has 130 valence electrons. The fourth-order valence-electron chi connectivity index (χ4n) is 3.28. The van der Waals surface area contributed by atoms with E-state index in [2.05, 4.69) is 5.32 Å². The molecule has 0 aromatic heterocycles. The van der Waals surface area contributed by atoms with E-state index in [4.69, 9.17) is 5.11 Å². The molecule has 2 N–H and O–H groups in total. The highest BCUT2D eigenvalue weighted by Gasteiger charge is 2.31. The number of benzene rings is 1. The Bertz CT molecular complexity index is 630. The van der Waals surface area contributed by atoms with Crippen LogP contribution in [0.2, 0.25) is 0 Å². The van der Waals surface area contributed by atoms with Gasteiger partial charge < -0.3 is 15.3 Å². The first-order chi connectivity index (χ1) is 11.6. The van der Waals surface area contributed by atoms with E-state index >= 15 is 0 Å². The van der Waals surface area contributed by atoms with E-state index in [-0.39, 0.29) is 24.2 Å². The summed E-state index contributed by atoms with van der Waals surface area (Å²) in [6.45, 7) is 0.788. The number of amides is 1. The van der Waals surface area contributed by atoms with Gasteiger partial charge in [-0.1, -0.05) is 0 Å². The maximum Gasteiger partial charge on any atom is 0.293 e. The van der Waals surface area contributed by atoms with Gasteiger partial charge in [-0.25, -0.2) is 0 Å². The summed E-state index contributed by atoms with van der Waals surface area (Å²) in [5.41, 5.74) is 0.801. The molecule has 2 fully saturated rings. The minimum atomic E-state index is -0.436. The summed E-state index contributed by atoms with van der Waals surface area (Å²) < 4.78 is 0. The fourth-order valence-corrected chi connectivity index (χ4v) is 3.28. The monoisotopic (exact) mass is 333 g/mol. The Morgan fingerprint density at radius 3 is 2.83 bits per heavy atom. The Kier molecular flexibility index (Phi) is 4.99. The molecule has 1 atom stereocenters. The molecule has 1 saturated heterocycles. The van der Waals surface area contributed by atoms with Crippen LogP contribution in [0.25, 0.3) is 0 Å². The zero-order chi connectivity index (χ0) is 17.1. The van der Waals surface area contributed by atoms with Gasteiger partial charge in [0.1, 0.15) is 5.69 Å².